The monoisotopic (exact) mass is 990 g/mol. The lowest BCUT2D eigenvalue weighted by molar-refractivity contribution is -0.151. The van der Waals surface area contributed by atoms with E-state index in [-0.39, 0.29) is 24.9 Å². The van der Waals surface area contributed by atoms with Crippen LogP contribution < -0.4 is 5.32 Å². The van der Waals surface area contributed by atoms with Crippen LogP contribution in [0.2, 0.25) is 0 Å². The number of esters is 1. The molecular formula is C65H115NO5. The van der Waals surface area contributed by atoms with E-state index in [0.29, 0.717) is 19.3 Å². The Balaban J connectivity index is 4.68. The highest BCUT2D eigenvalue weighted by Crippen LogP contribution is 2.17. The van der Waals surface area contributed by atoms with Crippen LogP contribution in [0, 0.1) is 0 Å². The summed E-state index contributed by atoms with van der Waals surface area (Å²) < 4.78 is 5.93. The average Bonchev–Trinajstić information content (AvgIpc) is 3.36. The van der Waals surface area contributed by atoms with Gasteiger partial charge in [0, 0.05) is 6.42 Å². The van der Waals surface area contributed by atoms with Crippen LogP contribution in [-0.2, 0) is 14.3 Å². The van der Waals surface area contributed by atoms with Crippen LogP contribution in [0.1, 0.15) is 290 Å². The number of hydrogen-bond donors (Lipinski definition) is 3. The summed E-state index contributed by atoms with van der Waals surface area (Å²) in [6, 6.07) is -0.729. The highest BCUT2D eigenvalue weighted by atomic mass is 16.5. The van der Waals surface area contributed by atoms with Gasteiger partial charge in [0.05, 0.1) is 25.2 Å². The number of aliphatic hydroxyl groups is 2. The van der Waals surface area contributed by atoms with Crippen molar-refractivity contribution in [3.63, 3.8) is 0 Å². The number of ether oxygens (including phenoxy) is 1. The molecule has 0 aromatic heterocycles. The molecule has 410 valence electrons. The van der Waals surface area contributed by atoms with E-state index in [9.17, 15) is 19.8 Å². The number of unbranched alkanes of at least 4 members (excludes halogenated alkanes) is 30. The molecule has 0 aromatic rings. The summed E-state index contributed by atoms with van der Waals surface area (Å²) in [7, 11) is 0. The molecule has 0 spiro atoms. The molecule has 0 fully saturated rings. The van der Waals surface area contributed by atoms with E-state index in [0.717, 1.165) is 96.3 Å². The van der Waals surface area contributed by atoms with Gasteiger partial charge in [-0.3, -0.25) is 9.59 Å². The van der Waals surface area contributed by atoms with E-state index in [2.05, 4.69) is 111 Å². The molecule has 3 atom stereocenters. The summed E-state index contributed by atoms with van der Waals surface area (Å²) in [6.07, 6.45) is 76.5. The third kappa shape index (κ3) is 53.2. The van der Waals surface area contributed by atoms with Gasteiger partial charge in [-0.2, -0.15) is 0 Å². The number of aliphatic hydroxyl groups excluding tert-OH is 2. The Kier molecular flexibility index (Phi) is 55.5. The van der Waals surface area contributed by atoms with Gasteiger partial charge in [-0.25, -0.2) is 0 Å². The molecule has 6 nitrogen and oxygen atoms in total. The lowest BCUT2D eigenvalue weighted by Gasteiger charge is -2.24. The van der Waals surface area contributed by atoms with Gasteiger partial charge in [0.25, 0.3) is 0 Å². The van der Waals surface area contributed by atoms with Crippen molar-refractivity contribution in [2.45, 2.75) is 309 Å². The van der Waals surface area contributed by atoms with E-state index in [4.69, 9.17) is 4.74 Å². The normalized spacial score (nSPS) is 13.7. The molecule has 0 radical (unpaired) electrons. The number of nitrogens with one attached hydrogen (secondary N) is 1. The first-order chi connectivity index (χ1) is 35.0. The molecule has 0 rings (SSSR count). The number of carbonyl (C=O) groups is 2. The highest BCUT2D eigenvalue weighted by Gasteiger charge is 2.24. The lowest BCUT2D eigenvalue weighted by atomic mass is 10.0. The zero-order chi connectivity index (χ0) is 51.6. The largest absolute Gasteiger partial charge is 0.462 e. The Morgan fingerprint density at radius 2 is 0.789 bits per heavy atom. The Morgan fingerprint density at radius 3 is 1.25 bits per heavy atom. The average molecular weight is 991 g/mol. The molecular weight excluding hydrogens is 875 g/mol. The van der Waals surface area contributed by atoms with Crippen LogP contribution >= 0.6 is 0 Å². The Bertz CT molecular complexity index is 1340. The van der Waals surface area contributed by atoms with Crippen molar-refractivity contribution in [2.24, 2.45) is 0 Å². The minimum absolute atomic E-state index is 0.0286. The standard InChI is InChI=1S/C65H115NO5/c1-4-7-10-13-16-19-22-25-28-31-34-37-40-43-46-49-52-55-58-65(70)71-61(56-53-50-47-44-41-38-35-32-29-26-23-20-17-14-11-8-5-2)59-64(69)66-62(60-67)63(68)57-54-51-48-45-42-39-36-33-30-27-24-21-18-15-12-9-6-3/h17,20,22,25-26,28-29,31,34-35,37-38,44,47,61-63,67-68H,4-16,18-19,21,23-24,27,30,32-33,36,39-43,45-46,48-60H2,1-3H3,(H,66,69)/b20-17-,25-22+,29-26-,31-28+,37-34+,38-35-,47-44-. The van der Waals surface area contributed by atoms with E-state index < -0.39 is 18.2 Å². The molecule has 0 saturated heterocycles. The fourth-order valence-electron chi connectivity index (χ4n) is 8.89. The van der Waals surface area contributed by atoms with Crippen LogP contribution in [0.25, 0.3) is 0 Å². The third-order valence-corrected chi connectivity index (χ3v) is 13.5. The molecule has 0 aromatic carbocycles. The minimum Gasteiger partial charge on any atom is -0.462 e. The zero-order valence-electron chi connectivity index (χ0n) is 46.8. The molecule has 71 heavy (non-hydrogen) atoms. The SMILES string of the molecule is CCCCC/C=C\C/C=C\C/C=C\C/C=C\CCCC(CC(=O)NC(CO)C(O)CCCCCCCCCCCCCCCCCCC)OC(=O)CCCCCCC/C=C/C=C/C=C/CCCCCCC. The molecule has 0 aliphatic heterocycles. The predicted octanol–water partition coefficient (Wildman–Crippen LogP) is 19.1. The maximum absolute atomic E-state index is 13.3. The zero-order valence-corrected chi connectivity index (χ0v) is 46.8. The maximum atomic E-state index is 13.3. The molecule has 3 unspecified atom stereocenters. The first-order valence-corrected chi connectivity index (χ1v) is 30.3. The van der Waals surface area contributed by atoms with E-state index >= 15 is 0 Å². The summed E-state index contributed by atoms with van der Waals surface area (Å²) >= 11 is 0. The van der Waals surface area contributed by atoms with E-state index in [1.165, 1.54) is 148 Å². The maximum Gasteiger partial charge on any atom is 0.306 e. The Morgan fingerprint density at radius 1 is 0.423 bits per heavy atom. The van der Waals surface area contributed by atoms with Gasteiger partial charge in [-0.15, -0.1) is 0 Å². The summed E-state index contributed by atoms with van der Waals surface area (Å²) in [5, 5.41) is 23.9. The molecule has 1 amide bonds. The first-order valence-electron chi connectivity index (χ1n) is 30.3. The van der Waals surface area contributed by atoms with Gasteiger partial charge >= 0.3 is 5.97 Å². The predicted molar refractivity (Wildman–Crippen MR) is 310 cm³/mol. The summed E-state index contributed by atoms with van der Waals surface area (Å²) in [5.41, 5.74) is 0. The van der Waals surface area contributed by atoms with Crippen molar-refractivity contribution < 1.29 is 24.5 Å². The minimum atomic E-state index is -0.811. The number of allylic oxidation sites excluding steroid dienone is 14. The van der Waals surface area contributed by atoms with Crippen LogP contribution in [-0.4, -0.2) is 46.9 Å². The number of amides is 1. The summed E-state index contributed by atoms with van der Waals surface area (Å²) in [4.78, 5) is 26.3. The molecule has 0 heterocycles. The molecule has 0 bridgehead atoms. The molecule has 0 aliphatic rings. The van der Waals surface area contributed by atoms with Crippen molar-refractivity contribution in [3.8, 4) is 0 Å². The third-order valence-electron chi connectivity index (χ3n) is 13.5. The fourth-order valence-corrected chi connectivity index (χ4v) is 8.89. The van der Waals surface area contributed by atoms with Gasteiger partial charge in [0.1, 0.15) is 6.10 Å². The van der Waals surface area contributed by atoms with Crippen molar-refractivity contribution in [2.75, 3.05) is 6.61 Å². The van der Waals surface area contributed by atoms with Crippen LogP contribution in [0.4, 0.5) is 0 Å². The second-order valence-corrected chi connectivity index (χ2v) is 20.5. The van der Waals surface area contributed by atoms with Crippen LogP contribution in [0.3, 0.4) is 0 Å². The molecule has 0 saturated carbocycles. The molecule has 0 aliphatic carbocycles. The van der Waals surface area contributed by atoms with Gasteiger partial charge in [0.15, 0.2) is 0 Å². The summed E-state index contributed by atoms with van der Waals surface area (Å²) in [5.74, 6) is -0.548. The second-order valence-electron chi connectivity index (χ2n) is 20.5. The topological polar surface area (TPSA) is 95.9 Å². The van der Waals surface area contributed by atoms with Crippen molar-refractivity contribution in [3.05, 3.63) is 85.1 Å². The quantitative estimate of drug-likeness (QED) is 0.0244. The van der Waals surface area contributed by atoms with Crippen LogP contribution in [0.5, 0.6) is 0 Å². The highest BCUT2D eigenvalue weighted by molar-refractivity contribution is 5.77. The van der Waals surface area contributed by atoms with Crippen molar-refractivity contribution >= 4 is 11.9 Å². The van der Waals surface area contributed by atoms with Gasteiger partial charge in [-0.05, 0) is 89.9 Å². The smallest absolute Gasteiger partial charge is 0.306 e. The fraction of sp³-hybridized carbons (Fsp3) is 0.754. The van der Waals surface area contributed by atoms with E-state index in [1.807, 2.05) is 0 Å². The number of carbonyl (C=O) groups excluding carboxylic acids is 2. The van der Waals surface area contributed by atoms with Gasteiger partial charge < -0.3 is 20.3 Å². The van der Waals surface area contributed by atoms with Gasteiger partial charge in [0.2, 0.25) is 5.91 Å². The number of rotatable bonds is 54. The van der Waals surface area contributed by atoms with E-state index in [1.54, 1.807) is 0 Å². The molecule has 6 heteroatoms. The Hall–Kier alpha value is -2.96. The van der Waals surface area contributed by atoms with Gasteiger partial charge in [-0.1, -0.05) is 273 Å². The van der Waals surface area contributed by atoms with Crippen molar-refractivity contribution in [1.82, 2.24) is 5.32 Å². The molecule has 3 N–H and O–H groups in total. The van der Waals surface area contributed by atoms with Crippen LogP contribution in [0.15, 0.2) is 85.1 Å². The summed E-state index contributed by atoms with van der Waals surface area (Å²) in [6.45, 7) is 6.45. The Labute approximate surface area is 440 Å². The second kappa shape index (κ2) is 57.9. The first kappa shape index (κ1) is 68.0. The van der Waals surface area contributed by atoms with Crippen molar-refractivity contribution in [1.29, 1.82) is 0 Å². The lowest BCUT2D eigenvalue weighted by Crippen LogP contribution is -2.46. The number of hydrogen-bond acceptors (Lipinski definition) is 5.